The molecule has 0 atom stereocenters. The second kappa shape index (κ2) is 5.89. The van der Waals surface area contributed by atoms with Gasteiger partial charge < -0.3 is 5.73 Å². The average molecular weight is 270 g/mol. The largest absolute Gasteiger partial charge is 0.381 e. The van der Waals surface area contributed by atoms with Gasteiger partial charge in [-0.1, -0.05) is 0 Å². The molecule has 0 saturated carbocycles. The van der Waals surface area contributed by atoms with E-state index in [4.69, 9.17) is 12.2 Å². The average Bonchev–Trinajstić information content (AvgIpc) is 2.53. The molecule has 0 saturated heterocycles. The Bertz CT molecular complexity index is 554. The Kier molecular flexibility index (Phi) is 4.76. The van der Waals surface area contributed by atoms with E-state index >= 15 is 0 Å². The molecule has 100 valence electrons. The number of anilines is 1. The van der Waals surface area contributed by atoms with Gasteiger partial charge in [-0.25, -0.2) is 13.1 Å². The fraction of sp³-hybridized carbons (Fsp3) is 0.545. The van der Waals surface area contributed by atoms with Gasteiger partial charge in [-0.05, 0) is 19.8 Å². The molecular weight excluding hydrogens is 252 g/mol. The fourth-order valence-electron chi connectivity index (χ4n) is 1.58. The molecule has 0 aliphatic carbocycles. The first-order valence-electron chi connectivity index (χ1n) is 5.62. The summed E-state index contributed by atoms with van der Waals surface area (Å²) in [6.07, 6.45) is 7.25. The van der Waals surface area contributed by atoms with Crippen molar-refractivity contribution in [2.75, 3.05) is 12.3 Å². The van der Waals surface area contributed by atoms with Crippen molar-refractivity contribution in [1.29, 1.82) is 0 Å². The molecule has 0 aliphatic rings. The summed E-state index contributed by atoms with van der Waals surface area (Å²) >= 11 is 0. The smallest absolute Gasteiger partial charge is 0.246 e. The summed E-state index contributed by atoms with van der Waals surface area (Å²) in [4.78, 5) is 0.0574. The first-order chi connectivity index (χ1) is 8.40. The van der Waals surface area contributed by atoms with Crippen molar-refractivity contribution in [3.05, 3.63) is 5.69 Å². The van der Waals surface area contributed by atoms with Crippen LogP contribution >= 0.6 is 0 Å². The van der Waals surface area contributed by atoms with Gasteiger partial charge in [-0.3, -0.25) is 4.68 Å². The third kappa shape index (κ3) is 3.24. The number of unbranched alkanes of at least 4 members (excludes halogenated alkanes) is 2. The van der Waals surface area contributed by atoms with Gasteiger partial charge in [0.2, 0.25) is 10.0 Å². The van der Waals surface area contributed by atoms with Crippen LogP contribution in [0.3, 0.4) is 0 Å². The fourth-order valence-corrected chi connectivity index (χ4v) is 2.97. The van der Waals surface area contributed by atoms with Gasteiger partial charge in [0.05, 0.1) is 5.69 Å². The number of hydrogen-bond acceptors (Lipinski definition) is 4. The zero-order valence-electron chi connectivity index (χ0n) is 10.6. The minimum atomic E-state index is -3.60. The van der Waals surface area contributed by atoms with E-state index in [1.807, 2.05) is 0 Å². The molecule has 0 bridgehead atoms. The Morgan fingerprint density at radius 1 is 1.50 bits per heavy atom. The summed E-state index contributed by atoms with van der Waals surface area (Å²) in [6, 6.07) is 0. The van der Waals surface area contributed by atoms with E-state index in [-0.39, 0.29) is 10.7 Å². The Hall–Kier alpha value is -1.52. The highest BCUT2D eigenvalue weighted by Gasteiger charge is 2.23. The van der Waals surface area contributed by atoms with Crippen molar-refractivity contribution in [3.63, 3.8) is 0 Å². The zero-order chi connectivity index (χ0) is 13.8. The first kappa shape index (κ1) is 14.5. The second-order valence-electron chi connectivity index (χ2n) is 3.98. The van der Waals surface area contributed by atoms with Gasteiger partial charge in [0.15, 0.2) is 5.82 Å². The number of nitrogen functional groups attached to an aromatic ring is 1. The van der Waals surface area contributed by atoms with Crippen LogP contribution < -0.4 is 10.5 Å². The number of hydrogen-bond donors (Lipinski definition) is 2. The van der Waals surface area contributed by atoms with Gasteiger partial charge >= 0.3 is 0 Å². The number of sulfonamides is 1. The highest BCUT2D eigenvalue weighted by atomic mass is 32.2. The molecule has 1 aromatic heterocycles. The van der Waals surface area contributed by atoms with E-state index in [0.29, 0.717) is 25.1 Å². The van der Waals surface area contributed by atoms with Crippen molar-refractivity contribution in [3.8, 4) is 12.3 Å². The lowest BCUT2D eigenvalue weighted by Gasteiger charge is -2.06. The molecule has 0 aliphatic heterocycles. The van der Waals surface area contributed by atoms with Crippen LogP contribution in [0.25, 0.3) is 0 Å². The van der Waals surface area contributed by atoms with Gasteiger partial charge in [0.1, 0.15) is 4.90 Å². The maximum absolute atomic E-state index is 12.0. The molecular formula is C11H18N4O2S. The van der Waals surface area contributed by atoms with E-state index in [2.05, 4.69) is 15.7 Å². The third-order valence-electron chi connectivity index (χ3n) is 2.61. The van der Waals surface area contributed by atoms with E-state index in [0.717, 1.165) is 6.42 Å². The molecule has 6 nitrogen and oxygen atoms in total. The van der Waals surface area contributed by atoms with Crippen molar-refractivity contribution >= 4 is 15.8 Å². The summed E-state index contributed by atoms with van der Waals surface area (Å²) < 4.78 is 28.0. The van der Waals surface area contributed by atoms with E-state index < -0.39 is 10.0 Å². The number of rotatable bonds is 6. The quantitative estimate of drug-likeness (QED) is 0.578. The molecule has 3 N–H and O–H groups in total. The molecule has 0 aromatic carbocycles. The van der Waals surface area contributed by atoms with Crippen molar-refractivity contribution in [2.45, 2.75) is 31.1 Å². The van der Waals surface area contributed by atoms with Gasteiger partial charge in [-0.2, -0.15) is 5.10 Å². The van der Waals surface area contributed by atoms with Crippen LogP contribution in [-0.2, 0) is 17.1 Å². The lowest BCUT2D eigenvalue weighted by molar-refractivity contribution is 0.576. The van der Waals surface area contributed by atoms with E-state index in [9.17, 15) is 8.42 Å². The number of nitrogens with zero attached hydrogens (tertiary/aromatic N) is 2. The summed E-state index contributed by atoms with van der Waals surface area (Å²) in [5.41, 5.74) is 6.12. The van der Waals surface area contributed by atoms with E-state index in [1.54, 1.807) is 14.0 Å². The highest BCUT2D eigenvalue weighted by molar-refractivity contribution is 7.89. The molecule has 0 fully saturated rings. The van der Waals surface area contributed by atoms with Crippen molar-refractivity contribution in [2.24, 2.45) is 7.05 Å². The van der Waals surface area contributed by atoms with Crippen LogP contribution in [-0.4, -0.2) is 24.7 Å². The van der Waals surface area contributed by atoms with Crippen LogP contribution in [0.2, 0.25) is 0 Å². The van der Waals surface area contributed by atoms with Crippen LogP contribution in [0.4, 0.5) is 5.82 Å². The molecule has 0 unspecified atom stereocenters. The molecule has 1 heterocycles. The molecule has 0 radical (unpaired) electrons. The van der Waals surface area contributed by atoms with Gasteiger partial charge in [-0.15, -0.1) is 12.3 Å². The standard InChI is InChI=1S/C11H18N4O2S/c1-4-5-6-7-8-13-18(16,17)10-9(2)15(3)14-11(10)12/h1,13H,5-8H2,2-3H3,(H2,12,14). The molecule has 0 amide bonds. The normalized spacial score (nSPS) is 11.4. The summed E-state index contributed by atoms with van der Waals surface area (Å²) in [6.45, 7) is 2.01. The maximum atomic E-state index is 12.0. The summed E-state index contributed by atoms with van der Waals surface area (Å²) in [5, 5.41) is 3.88. The third-order valence-corrected chi connectivity index (χ3v) is 4.24. The summed E-state index contributed by atoms with van der Waals surface area (Å²) in [5.74, 6) is 2.53. The monoisotopic (exact) mass is 270 g/mol. The number of nitrogens with two attached hydrogens (primary N) is 1. The van der Waals surface area contributed by atoms with E-state index in [1.165, 1.54) is 4.68 Å². The van der Waals surface area contributed by atoms with Gasteiger partial charge in [0, 0.05) is 20.0 Å². The Balaban J connectivity index is 2.72. The lowest BCUT2D eigenvalue weighted by Crippen LogP contribution is -2.26. The van der Waals surface area contributed by atoms with Crippen molar-refractivity contribution in [1.82, 2.24) is 14.5 Å². The first-order valence-corrected chi connectivity index (χ1v) is 7.10. The van der Waals surface area contributed by atoms with Crippen LogP contribution in [0.1, 0.15) is 25.0 Å². The number of aryl methyl sites for hydroxylation is 1. The Morgan fingerprint density at radius 2 is 2.17 bits per heavy atom. The van der Waals surface area contributed by atoms with Crippen LogP contribution in [0, 0.1) is 19.3 Å². The second-order valence-corrected chi connectivity index (χ2v) is 5.69. The number of aromatic nitrogens is 2. The topological polar surface area (TPSA) is 90.0 Å². The predicted octanol–water partition coefficient (Wildman–Crippen LogP) is 0.393. The maximum Gasteiger partial charge on any atom is 0.246 e. The Morgan fingerprint density at radius 3 is 2.67 bits per heavy atom. The predicted molar refractivity (Wildman–Crippen MR) is 70.2 cm³/mol. The van der Waals surface area contributed by atoms with Crippen molar-refractivity contribution < 1.29 is 8.42 Å². The lowest BCUT2D eigenvalue weighted by atomic mass is 10.2. The Labute approximate surface area is 108 Å². The molecule has 18 heavy (non-hydrogen) atoms. The van der Waals surface area contributed by atoms with Crippen LogP contribution in [0.5, 0.6) is 0 Å². The number of nitrogens with one attached hydrogen (secondary N) is 1. The minimum absolute atomic E-state index is 0.0196. The zero-order valence-corrected chi connectivity index (χ0v) is 11.4. The molecule has 1 aromatic rings. The SMILES string of the molecule is C#CCCCCNS(=O)(=O)c1c(N)nn(C)c1C. The molecule has 7 heteroatoms. The molecule has 0 spiro atoms. The van der Waals surface area contributed by atoms with Crippen LogP contribution in [0.15, 0.2) is 4.90 Å². The minimum Gasteiger partial charge on any atom is -0.381 e. The highest BCUT2D eigenvalue weighted by Crippen LogP contribution is 2.20. The number of terminal acetylenes is 1. The summed E-state index contributed by atoms with van der Waals surface area (Å²) in [7, 11) is -1.95. The van der Waals surface area contributed by atoms with Gasteiger partial charge in [0.25, 0.3) is 0 Å². The molecule has 1 rings (SSSR count).